The van der Waals surface area contributed by atoms with Gasteiger partial charge in [0.1, 0.15) is 0 Å². The van der Waals surface area contributed by atoms with Gasteiger partial charge in [-0.15, -0.1) is 0 Å². The number of hydrogen-bond donors (Lipinski definition) is 0. The zero-order valence-electron chi connectivity index (χ0n) is 5.81. The molecule has 2 heterocycles. The second-order valence-electron chi connectivity index (χ2n) is 3.12. The van der Waals surface area contributed by atoms with Crippen LogP contribution < -0.4 is 21.2 Å². The fourth-order valence-corrected chi connectivity index (χ4v) is 6.43. The number of nitrogens with zero attached hydrogens (tertiary/aromatic N) is 1. The minimum atomic E-state index is 0.631. The summed E-state index contributed by atoms with van der Waals surface area (Å²) < 4.78 is 2.35. The van der Waals surface area contributed by atoms with Crippen LogP contribution in [-0.2, 0) is 0 Å². The SMILES string of the molecule is CN1CC2CCC(C1)[I-]2. The van der Waals surface area contributed by atoms with E-state index in [1.54, 1.807) is 12.8 Å². The van der Waals surface area contributed by atoms with Crippen LogP contribution in [-0.4, -0.2) is 32.9 Å². The van der Waals surface area contributed by atoms with Gasteiger partial charge in [-0.05, 0) is 0 Å². The minimum absolute atomic E-state index is 0.631. The van der Waals surface area contributed by atoms with Crippen LogP contribution in [0.5, 0.6) is 0 Å². The molecule has 1 nitrogen and oxygen atoms in total. The van der Waals surface area contributed by atoms with E-state index in [1.807, 2.05) is 0 Å². The molecule has 2 atom stereocenters. The summed E-state index contributed by atoms with van der Waals surface area (Å²) in [7, 11) is 2.27. The van der Waals surface area contributed by atoms with E-state index in [0.717, 1.165) is 0 Å². The quantitative estimate of drug-likeness (QED) is 0.334. The third-order valence-corrected chi connectivity index (χ3v) is 6.24. The zero-order chi connectivity index (χ0) is 6.27. The third-order valence-electron chi connectivity index (χ3n) is 2.17. The van der Waals surface area contributed by atoms with Gasteiger partial charge in [0.05, 0.1) is 0 Å². The molecule has 54 valence electrons. The van der Waals surface area contributed by atoms with Crippen LogP contribution in [0.25, 0.3) is 0 Å². The van der Waals surface area contributed by atoms with Gasteiger partial charge in [-0.2, -0.15) is 0 Å². The Labute approximate surface area is 67.1 Å². The zero-order valence-corrected chi connectivity index (χ0v) is 7.97. The van der Waals surface area contributed by atoms with Gasteiger partial charge in [0.25, 0.3) is 0 Å². The summed E-state index contributed by atoms with van der Waals surface area (Å²) in [5.41, 5.74) is 0. The summed E-state index contributed by atoms with van der Waals surface area (Å²) in [5.74, 6) is 0. The number of alkyl halides is 2. The molecule has 2 fully saturated rings. The van der Waals surface area contributed by atoms with Gasteiger partial charge in [-0.1, -0.05) is 0 Å². The number of rotatable bonds is 0. The van der Waals surface area contributed by atoms with Gasteiger partial charge in [0, 0.05) is 0 Å². The molecule has 0 N–H and O–H groups in total. The molecule has 0 aromatic heterocycles. The Morgan fingerprint density at radius 2 is 1.78 bits per heavy atom. The van der Waals surface area contributed by atoms with Crippen LogP contribution >= 0.6 is 0 Å². The normalized spacial score (nSPS) is 44.6. The van der Waals surface area contributed by atoms with E-state index in [0.29, 0.717) is 21.2 Å². The van der Waals surface area contributed by atoms with Crippen molar-refractivity contribution in [3.8, 4) is 0 Å². The molecule has 2 rings (SSSR count). The Bertz CT molecular complexity index is 103. The van der Waals surface area contributed by atoms with E-state index in [-0.39, 0.29) is 0 Å². The van der Waals surface area contributed by atoms with Crippen molar-refractivity contribution in [2.24, 2.45) is 0 Å². The van der Waals surface area contributed by atoms with E-state index < -0.39 is 0 Å². The maximum atomic E-state index is 2.52. The molecule has 2 aliphatic heterocycles. The number of likely N-dealkylation sites (tertiary alicyclic amines) is 1. The van der Waals surface area contributed by atoms with Gasteiger partial charge < -0.3 is 0 Å². The van der Waals surface area contributed by atoms with Crippen molar-refractivity contribution in [2.45, 2.75) is 20.7 Å². The molecule has 0 saturated carbocycles. The van der Waals surface area contributed by atoms with Crippen molar-refractivity contribution in [1.29, 1.82) is 0 Å². The summed E-state index contributed by atoms with van der Waals surface area (Å²) in [6.45, 7) is 2.84. The average Bonchev–Trinajstić information content (AvgIpc) is 2.11. The molecule has 2 bridgehead atoms. The fraction of sp³-hybridized carbons (Fsp3) is 1.00. The molecule has 0 aliphatic carbocycles. The number of fused-ring (bicyclic) bond motifs is 2. The van der Waals surface area contributed by atoms with Crippen molar-refractivity contribution in [1.82, 2.24) is 4.90 Å². The molecule has 2 heteroatoms. The van der Waals surface area contributed by atoms with Gasteiger partial charge in [-0.3, -0.25) is 0 Å². The van der Waals surface area contributed by atoms with Crippen molar-refractivity contribution in [3.05, 3.63) is 0 Å². The molecular formula is C7H13IN-. The summed E-state index contributed by atoms with van der Waals surface area (Å²) in [6, 6.07) is 0. The molecule has 0 spiro atoms. The van der Waals surface area contributed by atoms with Crippen molar-refractivity contribution >= 4 is 0 Å². The Morgan fingerprint density at radius 3 is 2.33 bits per heavy atom. The number of halogens is 1. The molecule has 2 saturated heterocycles. The monoisotopic (exact) mass is 238 g/mol. The first-order valence-electron chi connectivity index (χ1n) is 3.65. The maximum absolute atomic E-state index is 2.52. The van der Waals surface area contributed by atoms with Crippen LogP contribution in [0, 0.1) is 0 Å². The molecule has 0 aromatic rings. The fourth-order valence-electron chi connectivity index (χ4n) is 1.75. The van der Waals surface area contributed by atoms with Crippen LogP contribution in [0.15, 0.2) is 0 Å². The van der Waals surface area contributed by atoms with Gasteiger partial charge in [0.2, 0.25) is 0 Å². The first kappa shape index (κ1) is 6.40. The summed E-state index contributed by atoms with van der Waals surface area (Å²) in [4.78, 5) is 2.52. The van der Waals surface area contributed by atoms with Crippen LogP contribution in [0.4, 0.5) is 0 Å². The Balaban J connectivity index is 2.03. The molecule has 0 amide bonds. The van der Waals surface area contributed by atoms with Crippen molar-refractivity contribution in [3.63, 3.8) is 0 Å². The van der Waals surface area contributed by atoms with Crippen molar-refractivity contribution < 1.29 is 21.2 Å². The topological polar surface area (TPSA) is 3.24 Å². The van der Waals surface area contributed by atoms with E-state index in [1.165, 1.54) is 20.9 Å². The molecule has 2 aliphatic rings. The second kappa shape index (κ2) is 2.38. The summed E-state index contributed by atoms with van der Waals surface area (Å²) in [5, 5.41) is 0. The molecular weight excluding hydrogens is 225 g/mol. The number of hydrogen-bond acceptors (Lipinski definition) is 1. The van der Waals surface area contributed by atoms with Crippen LogP contribution in [0.1, 0.15) is 12.8 Å². The second-order valence-corrected chi connectivity index (χ2v) is 7.36. The first-order valence-corrected chi connectivity index (χ1v) is 6.14. The van der Waals surface area contributed by atoms with E-state index >= 15 is 0 Å². The van der Waals surface area contributed by atoms with Gasteiger partial charge in [-0.25, -0.2) is 0 Å². The summed E-state index contributed by atoms with van der Waals surface area (Å²) >= 11 is 0.631. The van der Waals surface area contributed by atoms with Crippen molar-refractivity contribution in [2.75, 3.05) is 20.1 Å². The predicted molar refractivity (Wildman–Crippen MR) is 34.3 cm³/mol. The van der Waals surface area contributed by atoms with Crippen LogP contribution in [0.2, 0.25) is 0 Å². The first-order chi connectivity index (χ1) is 4.34. The Morgan fingerprint density at radius 1 is 1.22 bits per heavy atom. The Kier molecular flexibility index (Phi) is 1.69. The standard InChI is InChI=1S/C7H13IN/c1-9-4-6-2-3-7(5-9)8-6/h6-7H,2-5H2,1H3/q-1. The van der Waals surface area contributed by atoms with Gasteiger partial charge in [0.15, 0.2) is 0 Å². The predicted octanol–water partition coefficient (Wildman–Crippen LogP) is -2.45. The third kappa shape index (κ3) is 1.24. The van der Waals surface area contributed by atoms with E-state index in [2.05, 4.69) is 11.9 Å². The summed E-state index contributed by atoms with van der Waals surface area (Å²) in [6.07, 6.45) is 3.12. The molecule has 9 heavy (non-hydrogen) atoms. The van der Waals surface area contributed by atoms with Crippen LogP contribution in [0.3, 0.4) is 0 Å². The van der Waals surface area contributed by atoms with E-state index in [9.17, 15) is 0 Å². The van der Waals surface area contributed by atoms with E-state index in [4.69, 9.17) is 0 Å². The van der Waals surface area contributed by atoms with Gasteiger partial charge >= 0.3 is 66.9 Å². The molecule has 0 radical (unpaired) electrons. The molecule has 2 unspecified atom stereocenters. The average molecular weight is 238 g/mol. The Hall–Kier alpha value is 0.690. The molecule has 0 aromatic carbocycles.